The number of fused-ring (bicyclic) bond motifs is 1. The van der Waals surface area contributed by atoms with E-state index >= 15 is 0 Å². The quantitative estimate of drug-likeness (QED) is 0.364. The van der Waals surface area contributed by atoms with Crippen LogP contribution >= 0.6 is 11.6 Å². The van der Waals surface area contributed by atoms with Crippen molar-refractivity contribution in [1.82, 2.24) is 4.98 Å². The van der Waals surface area contributed by atoms with Crippen molar-refractivity contribution < 1.29 is 35.9 Å². The van der Waals surface area contributed by atoms with Gasteiger partial charge in [-0.2, -0.15) is 0 Å². The smallest absolute Gasteiger partial charge is 0.424 e. The molecule has 0 bridgehead atoms. The number of carbonyl (C=O) groups is 2. The largest absolute Gasteiger partial charge is 1.00 e. The molecule has 6 nitrogen and oxygen atoms in total. The lowest BCUT2D eigenvalue weighted by atomic mass is 10.2. The van der Waals surface area contributed by atoms with Gasteiger partial charge in [0.25, 0.3) is 0 Å². The molecule has 0 unspecified atom stereocenters. The van der Waals surface area contributed by atoms with Gasteiger partial charge >= 0.3 is 17.7 Å². The van der Waals surface area contributed by atoms with Crippen LogP contribution in [0.2, 0.25) is 5.15 Å². The summed E-state index contributed by atoms with van der Waals surface area (Å²) in [5, 5.41) is -0.0375. The van der Waals surface area contributed by atoms with E-state index in [0.717, 1.165) is 10.1 Å². The first-order valence-corrected chi connectivity index (χ1v) is 6.33. The minimum atomic E-state index is -0.991. The molecule has 0 aliphatic heterocycles. The molecular formula is C13H13BrClN3O3. The number of aryl methyl sites for hydroxylation is 1. The van der Waals surface area contributed by atoms with E-state index in [0.29, 0.717) is 11.0 Å². The highest BCUT2D eigenvalue weighted by Crippen LogP contribution is 2.19. The summed E-state index contributed by atoms with van der Waals surface area (Å²) in [5.74, 6) is -1.98. The van der Waals surface area contributed by atoms with E-state index in [4.69, 9.17) is 22.1 Å². The normalized spacial score (nSPS) is 10.0. The van der Waals surface area contributed by atoms with Gasteiger partial charge in [-0.3, -0.25) is 5.73 Å². The Balaban J connectivity index is 0.00000220. The van der Waals surface area contributed by atoms with E-state index in [2.05, 4.69) is 4.98 Å². The molecule has 2 N–H and O–H groups in total. The zero-order valence-electron chi connectivity index (χ0n) is 11.4. The van der Waals surface area contributed by atoms with Crippen LogP contribution < -0.4 is 27.3 Å². The lowest BCUT2D eigenvalue weighted by Crippen LogP contribution is -3.00. The number of nitrogens with two attached hydrogens (primary N) is 1. The summed E-state index contributed by atoms with van der Waals surface area (Å²) >= 11 is 5.93. The number of hydrogen-bond donors (Lipinski definition) is 1. The van der Waals surface area contributed by atoms with Gasteiger partial charge in [0, 0.05) is 0 Å². The topological polar surface area (TPSA) is 86.2 Å². The molecule has 0 radical (unpaired) electrons. The zero-order valence-corrected chi connectivity index (χ0v) is 13.7. The van der Waals surface area contributed by atoms with E-state index in [1.807, 2.05) is 13.0 Å². The highest BCUT2D eigenvalue weighted by atomic mass is 79.9. The number of halogens is 2. The van der Waals surface area contributed by atoms with Crippen LogP contribution in [0.3, 0.4) is 0 Å². The molecule has 2 aromatic rings. The van der Waals surface area contributed by atoms with Crippen LogP contribution in [0.4, 0.5) is 5.82 Å². The fourth-order valence-corrected chi connectivity index (χ4v) is 2.02. The average molecular weight is 375 g/mol. The van der Waals surface area contributed by atoms with Crippen molar-refractivity contribution in [1.29, 1.82) is 0 Å². The lowest BCUT2D eigenvalue weighted by Gasteiger charge is -2.07. The van der Waals surface area contributed by atoms with Crippen molar-refractivity contribution in [3.8, 4) is 0 Å². The van der Waals surface area contributed by atoms with Crippen molar-refractivity contribution in [2.75, 3.05) is 12.3 Å². The SMILES string of the molecule is CCOC(=O)C(=O)[n+]1c(N)c(Cl)nc2c(C)cccc21.[Br-]. The maximum absolute atomic E-state index is 12.2. The third-order valence-electron chi connectivity index (χ3n) is 2.77. The molecule has 1 aromatic heterocycles. The van der Waals surface area contributed by atoms with Crippen LogP contribution in [0.25, 0.3) is 11.0 Å². The van der Waals surface area contributed by atoms with Crippen LogP contribution in [0.1, 0.15) is 17.3 Å². The second kappa shape index (κ2) is 6.82. The number of carbonyl (C=O) groups excluding carboxylic acids is 2. The van der Waals surface area contributed by atoms with Crippen molar-refractivity contribution in [2.24, 2.45) is 0 Å². The summed E-state index contributed by atoms with van der Waals surface area (Å²) < 4.78 is 5.73. The third-order valence-corrected chi connectivity index (χ3v) is 3.05. The van der Waals surface area contributed by atoms with Gasteiger partial charge in [0.05, 0.1) is 6.61 Å². The molecule has 0 amide bonds. The molecule has 2 rings (SSSR count). The van der Waals surface area contributed by atoms with Gasteiger partial charge in [0.2, 0.25) is 5.15 Å². The van der Waals surface area contributed by atoms with Crippen molar-refractivity contribution >= 4 is 40.3 Å². The van der Waals surface area contributed by atoms with Crippen LogP contribution in [0.15, 0.2) is 18.2 Å². The summed E-state index contributed by atoms with van der Waals surface area (Å²) in [6.45, 7) is 3.53. The van der Waals surface area contributed by atoms with E-state index in [-0.39, 0.29) is 34.6 Å². The number of esters is 1. The minimum absolute atomic E-state index is 0. The standard InChI is InChI=1S/C13H12ClN3O3.BrH/c1-3-20-13(19)12(18)17-8-6-4-5-7(2)9(8)16-10(14)11(17)15;/h4-6,15H,3H2,1-2H3;1H. The molecule has 0 spiro atoms. The van der Waals surface area contributed by atoms with Gasteiger partial charge in [0.15, 0.2) is 5.52 Å². The number of ether oxygens (including phenoxy) is 1. The molecule has 1 aromatic carbocycles. The Morgan fingerprint density at radius 1 is 1.43 bits per heavy atom. The maximum Gasteiger partial charge on any atom is 0.424 e. The first kappa shape index (κ1) is 17.3. The Morgan fingerprint density at radius 3 is 2.71 bits per heavy atom. The number of benzene rings is 1. The summed E-state index contributed by atoms with van der Waals surface area (Å²) in [6.07, 6.45) is 0. The molecule has 112 valence electrons. The number of nitrogen functional groups attached to an aromatic ring is 1. The lowest BCUT2D eigenvalue weighted by molar-refractivity contribution is -0.526. The predicted molar refractivity (Wildman–Crippen MR) is 73.4 cm³/mol. The Labute approximate surface area is 136 Å². The monoisotopic (exact) mass is 373 g/mol. The van der Waals surface area contributed by atoms with E-state index in [1.54, 1.807) is 19.1 Å². The molecule has 0 saturated carbocycles. The molecular weight excluding hydrogens is 362 g/mol. The number of anilines is 1. The highest BCUT2D eigenvalue weighted by Gasteiger charge is 2.30. The second-order valence-corrected chi connectivity index (χ2v) is 4.45. The Kier molecular flexibility index (Phi) is 5.62. The van der Waals surface area contributed by atoms with Crippen LogP contribution in [-0.4, -0.2) is 23.5 Å². The van der Waals surface area contributed by atoms with Gasteiger partial charge < -0.3 is 21.7 Å². The van der Waals surface area contributed by atoms with E-state index < -0.39 is 11.9 Å². The predicted octanol–water partition coefficient (Wildman–Crippen LogP) is -1.73. The number of hydrogen-bond acceptors (Lipinski definition) is 5. The van der Waals surface area contributed by atoms with Crippen LogP contribution in [0, 0.1) is 6.92 Å². The summed E-state index contributed by atoms with van der Waals surface area (Å²) in [7, 11) is 0. The third kappa shape index (κ3) is 3.14. The fraction of sp³-hybridized carbons (Fsp3) is 0.231. The van der Waals surface area contributed by atoms with Crippen molar-refractivity contribution in [3.63, 3.8) is 0 Å². The molecule has 0 fully saturated rings. The Morgan fingerprint density at radius 2 is 2.10 bits per heavy atom. The summed E-state index contributed by atoms with van der Waals surface area (Å²) in [4.78, 5) is 27.9. The number of aromatic nitrogens is 2. The average Bonchev–Trinajstić information content (AvgIpc) is 2.41. The number of rotatable bonds is 1. The van der Waals surface area contributed by atoms with Gasteiger partial charge in [0.1, 0.15) is 5.52 Å². The fourth-order valence-electron chi connectivity index (χ4n) is 1.85. The second-order valence-electron chi connectivity index (χ2n) is 4.09. The molecule has 0 saturated heterocycles. The molecule has 0 aliphatic rings. The van der Waals surface area contributed by atoms with Gasteiger partial charge in [-0.15, -0.1) is 4.57 Å². The van der Waals surface area contributed by atoms with Gasteiger partial charge in [-0.05, 0) is 25.5 Å². The van der Waals surface area contributed by atoms with Crippen molar-refractivity contribution in [2.45, 2.75) is 13.8 Å². The summed E-state index contributed by atoms with van der Waals surface area (Å²) in [6, 6.07) is 5.20. The van der Waals surface area contributed by atoms with E-state index in [9.17, 15) is 9.59 Å². The molecule has 1 heterocycles. The van der Waals surface area contributed by atoms with Crippen LogP contribution in [-0.2, 0) is 9.53 Å². The molecule has 0 aliphatic carbocycles. The molecule has 21 heavy (non-hydrogen) atoms. The summed E-state index contributed by atoms with van der Waals surface area (Å²) in [5.41, 5.74) is 7.50. The molecule has 8 heteroatoms. The van der Waals surface area contributed by atoms with Gasteiger partial charge in [-0.1, -0.05) is 23.7 Å². The van der Waals surface area contributed by atoms with Crippen molar-refractivity contribution in [3.05, 3.63) is 28.9 Å². The van der Waals surface area contributed by atoms with Gasteiger partial charge in [-0.25, -0.2) is 14.6 Å². The minimum Gasteiger partial charge on any atom is -1.00 e. The first-order chi connectivity index (χ1) is 9.47. The highest BCUT2D eigenvalue weighted by molar-refractivity contribution is 6.33. The van der Waals surface area contributed by atoms with E-state index in [1.165, 1.54) is 0 Å². The zero-order chi connectivity index (χ0) is 14.9. The Hall–Kier alpha value is -1.73. The van der Waals surface area contributed by atoms with Crippen LogP contribution in [0.5, 0.6) is 0 Å². The maximum atomic E-state index is 12.2. The Bertz CT molecular complexity index is 721. The number of para-hydroxylation sites is 1. The number of nitrogens with zero attached hydrogens (tertiary/aromatic N) is 2. The molecule has 0 atom stereocenters. The first-order valence-electron chi connectivity index (χ1n) is 5.95.